The molecule has 0 atom stereocenters. The van der Waals surface area contributed by atoms with Crippen molar-refractivity contribution >= 4 is 22.6 Å². The number of ether oxygens (including phenoxy) is 1. The van der Waals surface area contributed by atoms with E-state index in [9.17, 15) is 4.79 Å². The molecule has 17 heavy (non-hydrogen) atoms. The first-order valence-corrected chi connectivity index (χ1v) is 5.17. The molecule has 0 aliphatic heterocycles. The number of rotatable bonds is 2. The fourth-order valence-electron chi connectivity index (χ4n) is 1.70. The van der Waals surface area contributed by atoms with E-state index in [0.717, 1.165) is 10.9 Å². The second-order valence-corrected chi connectivity index (χ2v) is 3.69. The highest BCUT2D eigenvalue weighted by Crippen LogP contribution is 2.18. The molecule has 2 aromatic rings. The van der Waals surface area contributed by atoms with Crippen LogP contribution in [0.25, 0.3) is 10.9 Å². The molecule has 0 aliphatic carbocycles. The number of nitrogens with one attached hydrogen (secondary N) is 1. The zero-order valence-corrected chi connectivity index (χ0v) is 9.65. The van der Waals surface area contributed by atoms with Crippen LogP contribution in [-0.4, -0.2) is 23.8 Å². The Labute approximate surface area is 98.8 Å². The molecule has 0 radical (unpaired) electrons. The van der Waals surface area contributed by atoms with Crippen molar-refractivity contribution in [2.24, 2.45) is 0 Å². The lowest BCUT2D eigenvalue weighted by Gasteiger charge is -2.05. The van der Waals surface area contributed by atoms with Gasteiger partial charge in [0, 0.05) is 16.7 Å². The zero-order valence-electron chi connectivity index (χ0n) is 9.65. The zero-order chi connectivity index (χ0) is 12.4. The standard InChI is InChI=1S/C13H12N2O2/c1-8(14)9-4-3-5-11-10(9)6-7-12(15-11)13(16)17-2/h3-7,14H,1-2H3. The summed E-state index contributed by atoms with van der Waals surface area (Å²) in [7, 11) is 1.33. The van der Waals surface area contributed by atoms with Crippen LogP contribution in [0.3, 0.4) is 0 Å². The number of carbonyl (C=O) groups excluding carboxylic acids is 1. The number of esters is 1. The molecule has 0 saturated heterocycles. The van der Waals surface area contributed by atoms with E-state index in [0.29, 0.717) is 11.2 Å². The molecule has 2 rings (SSSR count). The largest absolute Gasteiger partial charge is 0.464 e. The number of nitrogens with zero attached hydrogens (tertiary/aromatic N) is 1. The van der Waals surface area contributed by atoms with Crippen molar-refractivity contribution in [1.29, 1.82) is 5.41 Å². The third kappa shape index (κ3) is 2.01. The number of aromatic nitrogens is 1. The van der Waals surface area contributed by atoms with Gasteiger partial charge in [0.05, 0.1) is 12.6 Å². The van der Waals surface area contributed by atoms with Gasteiger partial charge in [0.1, 0.15) is 5.69 Å². The molecule has 0 amide bonds. The SMILES string of the molecule is COC(=O)c1ccc2c(C(C)=N)cccc2n1. The van der Waals surface area contributed by atoms with Crippen LogP contribution >= 0.6 is 0 Å². The smallest absolute Gasteiger partial charge is 0.356 e. The summed E-state index contributed by atoms with van der Waals surface area (Å²) in [5.74, 6) is -0.455. The maximum Gasteiger partial charge on any atom is 0.356 e. The van der Waals surface area contributed by atoms with Crippen molar-refractivity contribution in [2.45, 2.75) is 6.92 Å². The van der Waals surface area contributed by atoms with Crippen LogP contribution in [0.5, 0.6) is 0 Å². The van der Waals surface area contributed by atoms with Gasteiger partial charge in [-0.1, -0.05) is 12.1 Å². The summed E-state index contributed by atoms with van der Waals surface area (Å²) in [6, 6.07) is 8.91. The highest BCUT2D eigenvalue weighted by molar-refractivity contribution is 6.08. The predicted octanol–water partition coefficient (Wildman–Crippen LogP) is 2.41. The molecule has 0 spiro atoms. The van der Waals surface area contributed by atoms with E-state index in [-0.39, 0.29) is 5.69 Å². The summed E-state index contributed by atoms with van der Waals surface area (Å²) in [5.41, 5.74) is 2.27. The van der Waals surface area contributed by atoms with Gasteiger partial charge in [-0.15, -0.1) is 0 Å². The van der Waals surface area contributed by atoms with Crippen molar-refractivity contribution in [3.8, 4) is 0 Å². The van der Waals surface area contributed by atoms with Crippen LogP contribution in [0.1, 0.15) is 23.0 Å². The topological polar surface area (TPSA) is 63.0 Å². The van der Waals surface area contributed by atoms with Gasteiger partial charge >= 0.3 is 5.97 Å². The molecule has 0 aliphatic rings. The fraction of sp³-hybridized carbons (Fsp3) is 0.154. The lowest BCUT2D eigenvalue weighted by molar-refractivity contribution is 0.0594. The minimum absolute atomic E-state index is 0.278. The van der Waals surface area contributed by atoms with E-state index in [2.05, 4.69) is 9.72 Å². The highest BCUT2D eigenvalue weighted by Gasteiger charge is 2.09. The van der Waals surface area contributed by atoms with Crippen LogP contribution in [0.2, 0.25) is 0 Å². The van der Waals surface area contributed by atoms with Crippen molar-refractivity contribution in [2.75, 3.05) is 7.11 Å². The van der Waals surface area contributed by atoms with Gasteiger partial charge in [0.2, 0.25) is 0 Å². The summed E-state index contributed by atoms with van der Waals surface area (Å²) >= 11 is 0. The first-order chi connectivity index (χ1) is 8.13. The van der Waals surface area contributed by atoms with Gasteiger partial charge < -0.3 is 10.1 Å². The van der Waals surface area contributed by atoms with Gasteiger partial charge in [-0.2, -0.15) is 0 Å². The summed E-state index contributed by atoms with van der Waals surface area (Å²) < 4.78 is 4.62. The maximum atomic E-state index is 11.3. The van der Waals surface area contributed by atoms with Gasteiger partial charge in [0.15, 0.2) is 0 Å². The predicted molar refractivity (Wildman–Crippen MR) is 65.6 cm³/mol. The monoisotopic (exact) mass is 228 g/mol. The fourth-order valence-corrected chi connectivity index (χ4v) is 1.70. The Morgan fingerprint density at radius 3 is 2.71 bits per heavy atom. The molecule has 1 aromatic heterocycles. The average molecular weight is 228 g/mol. The van der Waals surface area contributed by atoms with Crippen LogP contribution in [-0.2, 0) is 4.74 Å². The van der Waals surface area contributed by atoms with E-state index >= 15 is 0 Å². The van der Waals surface area contributed by atoms with Gasteiger partial charge in [-0.05, 0) is 25.1 Å². The molecular formula is C13H12N2O2. The first-order valence-electron chi connectivity index (χ1n) is 5.17. The van der Waals surface area contributed by atoms with Crippen LogP contribution in [0.4, 0.5) is 0 Å². The molecule has 1 heterocycles. The van der Waals surface area contributed by atoms with Gasteiger partial charge in [-0.3, -0.25) is 0 Å². The molecule has 4 nitrogen and oxygen atoms in total. The first kappa shape index (κ1) is 11.3. The quantitative estimate of drug-likeness (QED) is 0.634. The van der Waals surface area contributed by atoms with Gasteiger partial charge in [0.25, 0.3) is 0 Å². The van der Waals surface area contributed by atoms with Crippen molar-refractivity contribution in [1.82, 2.24) is 4.98 Å². The Hall–Kier alpha value is -2.23. The van der Waals surface area contributed by atoms with E-state index in [4.69, 9.17) is 5.41 Å². The molecular weight excluding hydrogens is 216 g/mol. The van der Waals surface area contributed by atoms with Crippen molar-refractivity contribution < 1.29 is 9.53 Å². The lowest BCUT2D eigenvalue weighted by Crippen LogP contribution is -2.04. The number of pyridine rings is 1. The van der Waals surface area contributed by atoms with E-state index in [1.807, 2.05) is 18.2 Å². The summed E-state index contributed by atoms with van der Waals surface area (Å²) in [4.78, 5) is 15.6. The highest BCUT2D eigenvalue weighted by atomic mass is 16.5. The molecule has 0 bridgehead atoms. The Balaban J connectivity index is 2.65. The minimum Gasteiger partial charge on any atom is -0.464 e. The average Bonchev–Trinajstić information content (AvgIpc) is 2.36. The molecule has 0 unspecified atom stereocenters. The number of benzene rings is 1. The van der Waals surface area contributed by atoms with Crippen molar-refractivity contribution in [3.63, 3.8) is 0 Å². The molecule has 1 N–H and O–H groups in total. The minimum atomic E-state index is -0.455. The van der Waals surface area contributed by atoms with Crippen LogP contribution in [0, 0.1) is 5.41 Å². The Bertz CT molecular complexity index is 605. The molecule has 86 valence electrons. The maximum absolute atomic E-state index is 11.3. The van der Waals surface area contributed by atoms with Gasteiger partial charge in [-0.25, -0.2) is 9.78 Å². The van der Waals surface area contributed by atoms with Crippen LogP contribution in [0.15, 0.2) is 30.3 Å². The Kier molecular flexibility index (Phi) is 2.87. The number of hydrogen-bond acceptors (Lipinski definition) is 4. The third-order valence-electron chi connectivity index (χ3n) is 2.53. The molecule has 0 saturated carbocycles. The summed E-state index contributed by atoms with van der Waals surface area (Å²) in [6.07, 6.45) is 0. The third-order valence-corrected chi connectivity index (χ3v) is 2.53. The number of fused-ring (bicyclic) bond motifs is 1. The van der Waals surface area contributed by atoms with Crippen LogP contribution < -0.4 is 0 Å². The van der Waals surface area contributed by atoms with Crippen molar-refractivity contribution in [3.05, 3.63) is 41.6 Å². The molecule has 4 heteroatoms. The Morgan fingerprint density at radius 1 is 1.29 bits per heavy atom. The molecule has 1 aromatic carbocycles. The van der Waals surface area contributed by atoms with E-state index < -0.39 is 5.97 Å². The normalized spacial score (nSPS) is 10.2. The second kappa shape index (κ2) is 4.33. The summed E-state index contributed by atoms with van der Waals surface area (Å²) in [5, 5.41) is 8.54. The van der Waals surface area contributed by atoms with E-state index in [1.54, 1.807) is 19.1 Å². The number of carbonyl (C=O) groups is 1. The second-order valence-electron chi connectivity index (χ2n) is 3.69. The summed E-state index contributed by atoms with van der Waals surface area (Å²) in [6.45, 7) is 1.73. The van der Waals surface area contributed by atoms with E-state index in [1.165, 1.54) is 7.11 Å². The Morgan fingerprint density at radius 2 is 2.06 bits per heavy atom. The lowest BCUT2D eigenvalue weighted by atomic mass is 10.0. The molecule has 0 fully saturated rings. The number of methoxy groups -OCH3 is 1. The number of hydrogen-bond donors (Lipinski definition) is 1.